The van der Waals surface area contributed by atoms with Gasteiger partial charge in [0, 0.05) is 55.6 Å². The van der Waals surface area contributed by atoms with Crippen LogP contribution in [0.2, 0.25) is 0 Å². The van der Waals surface area contributed by atoms with E-state index in [2.05, 4.69) is 63.5 Å². The highest BCUT2D eigenvalue weighted by molar-refractivity contribution is 6.01. The molecule has 1 aromatic heterocycles. The van der Waals surface area contributed by atoms with Gasteiger partial charge in [0.15, 0.2) is 0 Å². The Hall–Kier alpha value is -11.8. The summed E-state index contributed by atoms with van der Waals surface area (Å²) >= 11 is 0. The van der Waals surface area contributed by atoms with Gasteiger partial charge in [-0.2, -0.15) is 0 Å². The van der Waals surface area contributed by atoms with E-state index in [9.17, 15) is 107 Å². The number of rotatable bonds is 47. The molecule has 0 unspecified atom stereocenters. The van der Waals surface area contributed by atoms with Crippen molar-refractivity contribution in [2.75, 3.05) is 6.61 Å². The van der Waals surface area contributed by atoms with Crippen molar-refractivity contribution in [2.45, 2.75) is 205 Å². The van der Waals surface area contributed by atoms with Gasteiger partial charge in [-0.05, 0) is 103 Å². The first kappa shape index (κ1) is 90.6. The number of aromatic nitrogens is 1. The van der Waals surface area contributed by atoms with E-state index in [0.717, 1.165) is 0 Å². The van der Waals surface area contributed by atoms with E-state index in [1.807, 2.05) is 0 Å². The number of aromatic amines is 1. The van der Waals surface area contributed by atoms with Crippen LogP contribution in [0.25, 0.3) is 10.9 Å². The average Bonchev–Trinajstić information content (AvgIpc) is 1.64. The molecule has 602 valence electrons. The zero-order valence-electron chi connectivity index (χ0n) is 62.4. The van der Waals surface area contributed by atoms with E-state index in [-0.39, 0.29) is 47.8 Å². The second kappa shape index (κ2) is 43.9. The van der Waals surface area contributed by atoms with Crippen molar-refractivity contribution < 1.29 is 107 Å². The molecule has 0 spiro atoms. The van der Waals surface area contributed by atoms with Gasteiger partial charge < -0.3 is 111 Å². The van der Waals surface area contributed by atoms with Gasteiger partial charge >= 0.3 is 17.9 Å². The topological polar surface area (TPSA) is 621 Å². The van der Waals surface area contributed by atoms with E-state index in [1.165, 1.54) is 76.2 Å². The molecular formula is C73H103N15O22. The molecule has 0 bridgehead atoms. The van der Waals surface area contributed by atoms with Crippen LogP contribution < -0.4 is 75.7 Å². The Labute approximate surface area is 633 Å². The first-order chi connectivity index (χ1) is 51.7. The standard InChI is InChI=1S/C73H103N15O22/c1-35(2)27-50(66(102)79-49(23-26-59(96)97)65(101)86-55(73(109)110)28-36(3)4)82-68(104)54(32-57(76)93)84-67(103)51(29-39-13-17-42(90)18-14-39)85-72(108)61(38(7)8)87-69(105)52(30-40-15-19-43(91)20-16-40)83-64(100)48(22-25-58(94)95)78-63(99)47(21-24-56(75)92)80-71(107)60(37(5)6)88-70(106)53(81-62(98)45(74)34-89)31-41-33-77-46-12-10-9-11-44(41)46/h9-20,33,35-38,45,47-55,60-61,77,89-91H,21-32,34,74H2,1-8H3,(H2,75,92)(H2,76,93)(H,78,99)(H,79,102)(H,80,107)(H,81,98)(H,82,104)(H,83,100)(H,84,103)(H,85,108)(H,86,101)(H,87,105)(H,88,106)(H,94,95)(H,96,97)(H,109,110)/t45-,47-,48-,49-,50-,51-,52-,53-,54-,55-,60-,61-/m0/s1. The summed E-state index contributed by atoms with van der Waals surface area (Å²) in [5.74, 6) is -21.0. The van der Waals surface area contributed by atoms with Crippen LogP contribution in [0.4, 0.5) is 0 Å². The number of para-hydroxylation sites is 1. The number of primary amides is 2. The quantitative estimate of drug-likeness (QED) is 0.0220. The SMILES string of the molecule is CC(C)C[C@H](NC(=O)[C@H](CCC(=O)O)NC(=O)[C@H](CC(C)C)NC(=O)[C@H](CC(N)=O)NC(=O)[C@H](Cc1ccc(O)cc1)NC(=O)[C@@H](NC(=O)[C@H](Cc1ccc(O)cc1)NC(=O)[C@H](CCC(=O)O)NC(=O)[C@H](CCC(N)=O)NC(=O)[C@@H](NC(=O)[C@H](Cc1c[nH]c2ccccc12)NC(=O)[C@@H](N)CO)C(C)C)C(C)C)C(=O)O. The third-order valence-electron chi connectivity index (χ3n) is 17.3. The maximum atomic E-state index is 14.9. The van der Waals surface area contributed by atoms with E-state index >= 15 is 0 Å². The van der Waals surface area contributed by atoms with Gasteiger partial charge in [-0.3, -0.25) is 71.9 Å². The molecule has 12 atom stereocenters. The summed E-state index contributed by atoms with van der Waals surface area (Å²) in [5, 5.41) is 86.9. The van der Waals surface area contributed by atoms with Gasteiger partial charge in [-0.1, -0.05) is 97.9 Å². The van der Waals surface area contributed by atoms with Crippen LogP contribution in [-0.4, -0.2) is 209 Å². The first-order valence-electron chi connectivity index (χ1n) is 35.7. The second-order valence-electron chi connectivity index (χ2n) is 28.2. The fourth-order valence-corrected chi connectivity index (χ4v) is 11.4. The normalized spacial score (nSPS) is 14.6. The van der Waals surface area contributed by atoms with Crippen molar-refractivity contribution >= 4 is 106 Å². The monoisotopic (exact) mass is 1540 g/mol. The zero-order valence-corrected chi connectivity index (χ0v) is 62.4. The molecular weight excluding hydrogens is 1440 g/mol. The third-order valence-corrected chi connectivity index (χ3v) is 17.3. The molecule has 4 aromatic rings. The van der Waals surface area contributed by atoms with E-state index < -0.39 is 249 Å². The minimum absolute atomic E-state index is 0.0354. The summed E-state index contributed by atoms with van der Waals surface area (Å²) in [7, 11) is 0. The van der Waals surface area contributed by atoms with Crippen molar-refractivity contribution in [3.63, 3.8) is 0 Å². The Morgan fingerprint density at radius 2 is 0.736 bits per heavy atom. The number of hydrogen-bond acceptors (Lipinski definition) is 20. The van der Waals surface area contributed by atoms with Crippen molar-refractivity contribution in [1.82, 2.24) is 63.5 Å². The lowest BCUT2D eigenvalue weighted by Crippen LogP contribution is -2.62. The number of carbonyl (C=O) groups excluding carboxylic acids is 13. The molecule has 4 rings (SSSR count). The number of phenols is 2. The molecule has 0 saturated heterocycles. The largest absolute Gasteiger partial charge is 0.508 e. The number of aromatic hydroxyl groups is 2. The molecule has 24 N–H and O–H groups in total. The van der Waals surface area contributed by atoms with Crippen LogP contribution in [0.15, 0.2) is 79.0 Å². The van der Waals surface area contributed by atoms with Crippen LogP contribution in [-0.2, 0) is 96.0 Å². The summed E-state index contributed by atoms with van der Waals surface area (Å²) in [6.45, 7) is 11.9. The summed E-state index contributed by atoms with van der Waals surface area (Å²) in [6, 6.07) is -2.17. The van der Waals surface area contributed by atoms with Crippen LogP contribution >= 0.6 is 0 Å². The van der Waals surface area contributed by atoms with Crippen molar-refractivity contribution in [3.05, 3.63) is 95.7 Å². The number of H-pyrrole nitrogens is 1. The Balaban J connectivity index is 1.67. The Morgan fingerprint density at radius 1 is 0.391 bits per heavy atom. The summed E-state index contributed by atoms with van der Waals surface area (Å²) in [6.07, 6.45) is -4.33. The zero-order chi connectivity index (χ0) is 82.4. The van der Waals surface area contributed by atoms with Crippen molar-refractivity contribution in [2.24, 2.45) is 40.9 Å². The minimum atomic E-state index is -1.92. The van der Waals surface area contributed by atoms with Gasteiger partial charge in [0.05, 0.1) is 13.0 Å². The number of aliphatic hydroxyl groups is 1. The average molecular weight is 1540 g/mol. The lowest BCUT2D eigenvalue weighted by Gasteiger charge is -2.30. The number of fused-ring (bicyclic) bond motifs is 1. The third kappa shape index (κ3) is 30.5. The predicted octanol–water partition coefficient (Wildman–Crippen LogP) is -2.38. The van der Waals surface area contributed by atoms with Crippen molar-refractivity contribution in [1.29, 1.82) is 0 Å². The van der Waals surface area contributed by atoms with E-state index in [1.54, 1.807) is 58.2 Å². The molecule has 0 radical (unpaired) electrons. The molecule has 0 aliphatic carbocycles. The fraction of sp³-hybridized carbons (Fsp3) is 0.507. The molecule has 110 heavy (non-hydrogen) atoms. The fourth-order valence-electron chi connectivity index (χ4n) is 11.4. The lowest BCUT2D eigenvalue weighted by atomic mass is 9.98. The number of aliphatic carboxylic acids is 3. The number of benzene rings is 3. The Kier molecular flexibility index (Phi) is 36.2. The molecule has 1 heterocycles. The van der Waals surface area contributed by atoms with Crippen LogP contribution in [0, 0.1) is 23.7 Å². The lowest BCUT2D eigenvalue weighted by molar-refractivity contribution is -0.143. The number of nitrogens with two attached hydrogens (primary N) is 3. The number of phenolic OH excluding ortho intramolecular Hbond substituents is 2. The smallest absolute Gasteiger partial charge is 0.326 e. The Bertz CT molecular complexity index is 3900. The maximum absolute atomic E-state index is 14.9. The molecule has 0 aliphatic heterocycles. The molecule has 0 saturated carbocycles. The van der Waals surface area contributed by atoms with Crippen molar-refractivity contribution in [3.8, 4) is 11.5 Å². The molecule has 13 amide bonds. The summed E-state index contributed by atoms with van der Waals surface area (Å²) < 4.78 is 0. The highest BCUT2D eigenvalue weighted by Gasteiger charge is 2.39. The van der Waals surface area contributed by atoms with Crippen LogP contribution in [0.5, 0.6) is 11.5 Å². The maximum Gasteiger partial charge on any atom is 0.326 e. The van der Waals surface area contributed by atoms with Gasteiger partial charge in [-0.15, -0.1) is 0 Å². The number of hydrogen-bond donors (Lipinski definition) is 21. The first-order valence-corrected chi connectivity index (χ1v) is 35.7. The number of carboxylic acids is 3. The van der Waals surface area contributed by atoms with E-state index in [4.69, 9.17) is 17.2 Å². The van der Waals surface area contributed by atoms with Crippen LogP contribution in [0.3, 0.4) is 0 Å². The predicted molar refractivity (Wildman–Crippen MR) is 394 cm³/mol. The number of carboxylic acid groups (broad SMARTS) is 3. The van der Waals surface area contributed by atoms with Gasteiger partial charge in [0.1, 0.15) is 84.0 Å². The highest BCUT2D eigenvalue weighted by atomic mass is 16.4. The highest BCUT2D eigenvalue weighted by Crippen LogP contribution is 2.21. The van der Waals surface area contributed by atoms with Crippen LogP contribution in [0.1, 0.15) is 130 Å². The van der Waals surface area contributed by atoms with Gasteiger partial charge in [0.2, 0.25) is 76.8 Å². The van der Waals surface area contributed by atoms with Gasteiger partial charge in [0.25, 0.3) is 0 Å². The summed E-state index contributed by atoms with van der Waals surface area (Å²) in [4.78, 5) is 221. The number of aliphatic hydroxyl groups excluding tert-OH is 1. The summed E-state index contributed by atoms with van der Waals surface area (Å²) in [5.41, 5.74) is 18.7. The number of carbonyl (C=O) groups is 16. The number of nitrogens with one attached hydrogen (secondary N) is 12. The van der Waals surface area contributed by atoms with Gasteiger partial charge in [-0.25, -0.2) is 4.79 Å². The molecule has 37 nitrogen and oxygen atoms in total. The Morgan fingerprint density at radius 3 is 1.15 bits per heavy atom. The molecule has 0 aliphatic rings. The van der Waals surface area contributed by atoms with E-state index in [0.29, 0.717) is 16.5 Å². The molecule has 3 aromatic carbocycles. The second-order valence-corrected chi connectivity index (χ2v) is 28.2. The molecule has 0 fully saturated rings. The number of amides is 13. The minimum Gasteiger partial charge on any atom is -0.508 e. The molecule has 37 heteroatoms.